The van der Waals surface area contributed by atoms with Gasteiger partial charge in [0.15, 0.2) is 17.0 Å². The molecule has 2 N–H and O–H groups in total. The van der Waals surface area contributed by atoms with Gasteiger partial charge in [-0.3, -0.25) is 4.57 Å². The van der Waals surface area contributed by atoms with Crippen molar-refractivity contribution in [3.8, 4) is 5.69 Å². The summed E-state index contributed by atoms with van der Waals surface area (Å²) in [6.45, 7) is -0.000214. The van der Waals surface area contributed by atoms with E-state index in [-0.39, 0.29) is 12.6 Å². The Morgan fingerprint density at radius 1 is 0.923 bits per heavy atom. The van der Waals surface area contributed by atoms with E-state index < -0.39 is 0 Å². The van der Waals surface area contributed by atoms with Gasteiger partial charge in [0.1, 0.15) is 12.7 Å². The van der Waals surface area contributed by atoms with Crippen LogP contribution in [0, 0.1) is 0 Å². The molecule has 1 atom stereocenters. The zero-order valence-corrected chi connectivity index (χ0v) is 14.2. The minimum Gasteiger partial charge on any atom is -0.394 e. The quantitative estimate of drug-likeness (QED) is 0.562. The van der Waals surface area contributed by atoms with Crippen LogP contribution in [0.15, 0.2) is 73.3 Å². The van der Waals surface area contributed by atoms with E-state index in [4.69, 9.17) is 0 Å². The van der Waals surface area contributed by atoms with Crippen molar-refractivity contribution < 1.29 is 5.11 Å². The molecule has 0 amide bonds. The van der Waals surface area contributed by atoms with Crippen LogP contribution in [-0.2, 0) is 6.42 Å². The lowest BCUT2D eigenvalue weighted by Crippen LogP contribution is -2.27. The third-order valence-electron chi connectivity index (χ3n) is 4.25. The zero-order chi connectivity index (χ0) is 17.8. The summed E-state index contributed by atoms with van der Waals surface area (Å²) in [7, 11) is 0. The SMILES string of the molecule is OC[C@@H](Cc1ccccc1)Nc1ncnc2c1ncn2-c1ccccc1. The second-order valence-electron chi connectivity index (χ2n) is 6.06. The predicted octanol–water partition coefficient (Wildman–Crippen LogP) is 2.83. The van der Waals surface area contributed by atoms with Crippen LogP contribution in [0.5, 0.6) is 0 Å². The summed E-state index contributed by atoms with van der Waals surface area (Å²) in [5.74, 6) is 0.625. The van der Waals surface area contributed by atoms with Gasteiger partial charge >= 0.3 is 0 Å². The van der Waals surface area contributed by atoms with E-state index in [1.54, 1.807) is 6.33 Å². The standard InChI is InChI=1S/C20H19N5O/c26-12-16(11-15-7-3-1-4-8-15)24-19-18-20(22-13-21-19)25(14-23-18)17-9-5-2-6-10-17/h1-10,13-14,16,26H,11-12H2,(H,21,22,24)/t16-/m1/s1. The summed E-state index contributed by atoms with van der Waals surface area (Å²) in [5.41, 5.74) is 3.55. The van der Waals surface area contributed by atoms with Crippen LogP contribution in [0.2, 0.25) is 0 Å². The fraction of sp³-hybridized carbons (Fsp3) is 0.150. The number of nitrogens with one attached hydrogen (secondary N) is 1. The van der Waals surface area contributed by atoms with E-state index >= 15 is 0 Å². The second-order valence-corrected chi connectivity index (χ2v) is 6.06. The van der Waals surface area contributed by atoms with E-state index in [9.17, 15) is 5.11 Å². The van der Waals surface area contributed by atoms with E-state index in [1.165, 1.54) is 6.33 Å². The fourth-order valence-corrected chi connectivity index (χ4v) is 2.97. The van der Waals surface area contributed by atoms with E-state index in [1.807, 2.05) is 65.2 Å². The Bertz CT molecular complexity index is 985. The smallest absolute Gasteiger partial charge is 0.170 e. The maximum absolute atomic E-state index is 9.77. The molecule has 0 saturated heterocycles. The molecule has 6 nitrogen and oxygen atoms in total. The number of nitrogens with zero attached hydrogens (tertiary/aromatic N) is 4. The Morgan fingerprint density at radius 2 is 1.65 bits per heavy atom. The minimum atomic E-state index is -0.155. The van der Waals surface area contributed by atoms with Gasteiger partial charge in [-0.05, 0) is 24.1 Å². The largest absolute Gasteiger partial charge is 0.394 e. The molecule has 0 aliphatic carbocycles. The van der Waals surface area contributed by atoms with Gasteiger partial charge in [-0.15, -0.1) is 0 Å². The number of anilines is 1. The summed E-state index contributed by atoms with van der Waals surface area (Å²) >= 11 is 0. The van der Waals surface area contributed by atoms with Crippen molar-refractivity contribution in [1.29, 1.82) is 0 Å². The molecule has 2 heterocycles. The molecular formula is C20H19N5O. The molecule has 0 aliphatic heterocycles. The molecule has 0 radical (unpaired) electrons. The van der Waals surface area contributed by atoms with Crippen molar-refractivity contribution in [2.24, 2.45) is 0 Å². The number of fused-ring (bicyclic) bond motifs is 1. The average Bonchev–Trinajstić information content (AvgIpc) is 3.14. The lowest BCUT2D eigenvalue weighted by Gasteiger charge is -2.17. The summed E-state index contributed by atoms with van der Waals surface area (Å²) in [5, 5.41) is 13.1. The summed E-state index contributed by atoms with van der Waals surface area (Å²) < 4.78 is 1.92. The summed E-state index contributed by atoms with van der Waals surface area (Å²) in [4.78, 5) is 13.2. The first-order valence-corrected chi connectivity index (χ1v) is 8.50. The van der Waals surface area contributed by atoms with Gasteiger partial charge < -0.3 is 10.4 Å². The van der Waals surface area contributed by atoms with Gasteiger partial charge in [0.2, 0.25) is 0 Å². The maximum atomic E-state index is 9.77. The number of hydrogen-bond donors (Lipinski definition) is 2. The molecule has 2 aromatic carbocycles. The van der Waals surface area contributed by atoms with Crippen molar-refractivity contribution in [2.75, 3.05) is 11.9 Å². The van der Waals surface area contributed by atoms with E-state index in [0.29, 0.717) is 17.8 Å². The summed E-state index contributed by atoms with van der Waals surface area (Å²) in [6, 6.07) is 19.8. The van der Waals surface area contributed by atoms with Gasteiger partial charge in [-0.2, -0.15) is 0 Å². The minimum absolute atomic E-state index is 0.000214. The van der Waals surface area contributed by atoms with Crippen LogP contribution in [0.25, 0.3) is 16.9 Å². The topological polar surface area (TPSA) is 75.9 Å². The molecule has 0 aliphatic rings. The number of aliphatic hydroxyl groups excluding tert-OH is 1. The van der Waals surface area contributed by atoms with Crippen LogP contribution < -0.4 is 5.32 Å². The van der Waals surface area contributed by atoms with Crippen LogP contribution in [0.1, 0.15) is 5.56 Å². The van der Waals surface area contributed by atoms with Crippen molar-refractivity contribution in [3.05, 3.63) is 78.9 Å². The Hall–Kier alpha value is -3.25. The molecule has 4 rings (SSSR count). The first-order chi connectivity index (χ1) is 12.8. The van der Waals surface area contributed by atoms with E-state index in [0.717, 1.165) is 16.9 Å². The lowest BCUT2D eigenvalue weighted by molar-refractivity contribution is 0.273. The van der Waals surface area contributed by atoms with Gasteiger partial charge in [0.05, 0.1) is 12.6 Å². The molecule has 0 unspecified atom stereocenters. The first kappa shape index (κ1) is 16.2. The third kappa shape index (κ3) is 3.27. The van der Waals surface area contributed by atoms with Crippen LogP contribution in [0.3, 0.4) is 0 Å². The lowest BCUT2D eigenvalue weighted by atomic mass is 10.1. The number of imidazole rings is 1. The number of aliphatic hydroxyl groups is 1. The molecule has 0 bridgehead atoms. The number of benzene rings is 2. The zero-order valence-electron chi connectivity index (χ0n) is 14.2. The Morgan fingerprint density at radius 3 is 2.38 bits per heavy atom. The number of aromatic nitrogens is 4. The maximum Gasteiger partial charge on any atom is 0.170 e. The van der Waals surface area contributed by atoms with Crippen LogP contribution in [-0.4, -0.2) is 37.3 Å². The molecule has 0 fully saturated rings. The molecular weight excluding hydrogens is 326 g/mol. The van der Waals surface area contributed by atoms with Gasteiger partial charge in [-0.1, -0.05) is 48.5 Å². The molecule has 0 saturated carbocycles. The highest BCUT2D eigenvalue weighted by atomic mass is 16.3. The highest BCUT2D eigenvalue weighted by Gasteiger charge is 2.15. The normalized spacial score (nSPS) is 12.2. The highest BCUT2D eigenvalue weighted by molar-refractivity contribution is 5.84. The second kappa shape index (κ2) is 7.33. The molecule has 2 aromatic heterocycles. The molecule has 4 aromatic rings. The number of para-hydroxylation sites is 1. The predicted molar refractivity (Wildman–Crippen MR) is 101 cm³/mol. The van der Waals surface area contributed by atoms with E-state index in [2.05, 4.69) is 20.3 Å². The molecule has 26 heavy (non-hydrogen) atoms. The fourth-order valence-electron chi connectivity index (χ4n) is 2.97. The summed E-state index contributed by atoms with van der Waals surface area (Å²) in [6.07, 6.45) is 3.95. The molecule has 0 spiro atoms. The molecule has 130 valence electrons. The van der Waals surface area contributed by atoms with Crippen molar-refractivity contribution in [3.63, 3.8) is 0 Å². The van der Waals surface area contributed by atoms with Crippen molar-refractivity contribution >= 4 is 17.0 Å². The Balaban J connectivity index is 1.63. The van der Waals surface area contributed by atoms with Crippen molar-refractivity contribution in [2.45, 2.75) is 12.5 Å². The first-order valence-electron chi connectivity index (χ1n) is 8.50. The third-order valence-corrected chi connectivity index (χ3v) is 4.25. The average molecular weight is 345 g/mol. The van der Waals surface area contributed by atoms with Crippen LogP contribution >= 0.6 is 0 Å². The van der Waals surface area contributed by atoms with Gasteiger partial charge in [-0.25, -0.2) is 15.0 Å². The Kier molecular flexibility index (Phi) is 4.57. The van der Waals surface area contributed by atoms with Crippen LogP contribution in [0.4, 0.5) is 5.82 Å². The van der Waals surface area contributed by atoms with Gasteiger partial charge in [0.25, 0.3) is 0 Å². The molecule has 6 heteroatoms. The van der Waals surface area contributed by atoms with Crippen molar-refractivity contribution in [1.82, 2.24) is 19.5 Å². The number of rotatable bonds is 6. The number of hydrogen-bond acceptors (Lipinski definition) is 5. The Labute approximate surface area is 151 Å². The van der Waals surface area contributed by atoms with Gasteiger partial charge in [0, 0.05) is 5.69 Å². The monoisotopic (exact) mass is 345 g/mol. The highest BCUT2D eigenvalue weighted by Crippen LogP contribution is 2.21.